The van der Waals surface area contributed by atoms with Gasteiger partial charge in [0.2, 0.25) is 11.8 Å². The molecular weight excluding hydrogens is 246 g/mol. The average molecular weight is 263 g/mol. The van der Waals surface area contributed by atoms with Crippen molar-refractivity contribution in [2.45, 2.75) is 31.8 Å². The Morgan fingerprint density at radius 3 is 2.79 bits per heavy atom. The molecule has 1 aliphatic carbocycles. The van der Waals surface area contributed by atoms with Crippen molar-refractivity contribution in [3.05, 3.63) is 11.9 Å². The summed E-state index contributed by atoms with van der Waals surface area (Å²) in [6.45, 7) is 2.27. The van der Waals surface area contributed by atoms with E-state index in [0.29, 0.717) is 12.2 Å². The summed E-state index contributed by atoms with van der Waals surface area (Å²) >= 11 is 0. The van der Waals surface area contributed by atoms with E-state index in [1.165, 1.54) is 0 Å². The highest BCUT2D eigenvalue weighted by atomic mass is 16.2. The Hall–Kier alpha value is -1.92. The van der Waals surface area contributed by atoms with Crippen molar-refractivity contribution in [1.29, 1.82) is 0 Å². The highest BCUT2D eigenvalue weighted by molar-refractivity contribution is 5.98. The highest BCUT2D eigenvalue weighted by Crippen LogP contribution is 2.44. The van der Waals surface area contributed by atoms with E-state index in [9.17, 15) is 9.59 Å². The summed E-state index contributed by atoms with van der Waals surface area (Å²) in [5.74, 6) is 0.145. The number of aromatic nitrogens is 3. The number of carbonyl (C=O) groups excluding carboxylic acids is 2. The van der Waals surface area contributed by atoms with Crippen LogP contribution in [0.5, 0.6) is 0 Å². The van der Waals surface area contributed by atoms with Crippen molar-refractivity contribution in [1.82, 2.24) is 25.2 Å². The number of piperazine rings is 1. The van der Waals surface area contributed by atoms with E-state index in [1.807, 2.05) is 6.92 Å². The maximum absolute atomic E-state index is 12.2. The van der Waals surface area contributed by atoms with Crippen LogP contribution in [0.3, 0.4) is 0 Å². The van der Waals surface area contributed by atoms with E-state index in [-0.39, 0.29) is 24.3 Å². The molecule has 1 aromatic rings. The first-order chi connectivity index (χ1) is 9.01. The van der Waals surface area contributed by atoms with Crippen LogP contribution in [-0.2, 0) is 23.2 Å². The van der Waals surface area contributed by atoms with E-state index >= 15 is 0 Å². The molecule has 1 saturated heterocycles. The van der Waals surface area contributed by atoms with Gasteiger partial charge in [0.15, 0.2) is 0 Å². The molecule has 0 bridgehead atoms. The van der Waals surface area contributed by atoms with Gasteiger partial charge in [-0.1, -0.05) is 5.21 Å². The van der Waals surface area contributed by atoms with E-state index in [4.69, 9.17) is 0 Å². The molecule has 19 heavy (non-hydrogen) atoms. The lowest BCUT2D eigenvalue weighted by atomic mass is 9.89. The molecule has 0 spiro atoms. The Labute approximate surface area is 110 Å². The summed E-state index contributed by atoms with van der Waals surface area (Å²) in [4.78, 5) is 26.0. The van der Waals surface area contributed by atoms with Gasteiger partial charge in [0.05, 0.1) is 13.1 Å². The first-order valence-corrected chi connectivity index (χ1v) is 6.46. The van der Waals surface area contributed by atoms with Crippen LogP contribution in [0.25, 0.3) is 0 Å². The summed E-state index contributed by atoms with van der Waals surface area (Å²) < 4.78 is 1.60. The van der Waals surface area contributed by atoms with Gasteiger partial charge < -0.3 is 10.2 Å². The minimum absolute atomic E-state index is 0.0559. The molecule has 1 unspecified atom stereocenters. The number of rotatable bonds is 3. The smallest absolute Gasteiger partial charge is 0.246 e. The van der Waals surface area contributed by atoms with Gasteiger partial charge in [-0.05, 0) is 25.7 Å². The third kappa shape index (κ3) is 1.89. The normalized spacial score (nSPS) is 27.6. The third-order valence-corrected chi connectivity index (χ3v) is 4.06. The number of carbonyl (C=O) groups is 2. The molecule has 0 aromatic carbocycles. The minimum atomic E-state index is -0.743. The van der Waals surface area contributed by atoms with Gasteiger partial charge in [-0.15, -0.1) is 5.10 Å². The molecule has 1 saturated carbocycles. The van der Waals surface area contributed by atoms with Crippen molar-refractivity contribution in [3.8, 4) is 0 Å². The lowest BCUT2D eigenvalue weighted by molar-refractivity contribution is -0.155. The molecule has 1 aliphatic heterocycles. The maximum Gasteiger partial charge on any atom is 0.246 e. The van der Waals surface area contributed by atoms with Crippen LogP contribution in [0, 0.1) is 5.92 Å². The van der Waals surface area contributed by atoms with Gasteiger partial charge in [-0.3, -0.25) is 14.3 Å². The van der Waals surface area contributed by atoms with Gasteiger partial charge in [-0.25, -0.2) is 0 Å². The fraction of sp³-hybridized carbons (Fsp3) is 0.667. The highest BCUT2D eigenvalue weighted by Gasteiger charge is 2.54. The molecule has 2 heterocycles. The van der Waals surface area contributed by atoms with Crippen molar-refractivity contribution >= 4 is 11.8 Å². The van der Waals surface area contributed by atoms with Gasteiger partial charge >= 0.3 is 0 Å². The second-order valence-corrected chi connectivity index (χ2v) is 5.47. The zero-order valence-corrected chi connectivity index (χ0v) is 11.1. The lowest BCUT2D eigenvalue weighted by Gasteiger charge is -2.43. The summed E-state index contributed by atoms with van der Waals surface area (Å²) in [5.41, 5.74) is -0.0373. The molecular formula is C12H17N5O2. The molecule has 7 nitrogen and oxygen atoms in total. The summed E-state index contributed by atoms with van der Waals surface area (Å²) in [7, 11) is 1.78. The largest absolute Gasteiger partial charge is 0.345 e. The predicted octanol–water partition coefficient (Wildman–Crippen LogP) is -0.558. The zero-order chi connectivity index (χ0) is 13.6. The number of hydrogen-bond donors (Lipinski definition) is 1. The Balaban J connectivity index is 1.90. The minimum Gasteiger partial charge on any atom is -0.345 e. The number of amides is 2. The Morgan fingerprint density at radius 2 is 2.21 bits per heavy atom. The van der Waals surface area contributed by atoms with Gasteiger partial charge in [0, 0.05) is 13.2 Å². The molecule has 2 aliphatic rings. The molecule has 7 heteroatoms. The van der Waals surface area contributed by atoms with Crippen molar-refractivity contribution < 1.29 is 9.59 Å². The summed E-state index contributed by atoms with van der Waals surface area (Å²) in [5, 5.41) is 10.6. The van der Waals surface area contributed by atoms with Crippen molar-refractivity contribution in [3.63, 3.8) is 0 Å². The van der Waals surface area contributed by atoms with Crippen LogP contribution in [-0.4, -0.2) is 43.8 Å². The van der Waals surface area contributed by atoms with Gasteiger partial charge in [0.1, 0.15) is 11.2 Å². The monoisotopic (exact) mass is 263 g/mol. The van der Waals surface area contributed by atoms with Crippen LogP contribution in [0.4, 0.5) is 0 Å². The summed E-state index contributed by atoms with van der Waals surface area (Å²) in [6.07, 6.45) is 3.76. The van der Waals surface area contributed by atoms with Gasteiger partial charge in [0.25, 0.3) is 0 Å². The molecule has 3 rings (SSSR count). The van der Waals surface area contributed by atoms with E-state index in [0.717, 1.165) is 12.8 Å². The van der Waals surface area contributed by atoms with E-state index < -0.39 is 5.54 Å². The van der Waals surface area contributed by atoms with Crippen LogP contribution < -0.4 is 5.32 Å². The molecule has 1 N–H and O–H groups in total. The lowest BCUT2D eigenvalue weighted by Crippen LogP contribution is -2.66. The second-order valence-electron chi connectivity index (χ2n) is 5.47. The number of hydrogen-bond acceptors (Lipinski definition) is 4. The first-order valence-electron chi connectivity index (χ1n) is 6.46. The number of nitrogens with zero attached hydrogens (tertiary/aromatic N) is 4. The van der Waals surface area contributed by atoms with Crippen molar-refractivity contribution in [2.75, 3.05) is 6.54 Å². The SMILES string of the molecule is Cn1cc(CN2C(=O)CNC(=O)C2(C)C2CC2)nn1. The molecule has 0 radical (unpaired) electrons. The molecule has 1 aromatic heterocycles. The topological polar surface area (TPSA) is 80.1 Å². The van der Waals surface area contributed by atoms with Crippen LogP contribution in [0.2, 0.25) is 0 Å². The van der Waals surface area contributed by atoms with Crippen LogP contribution in [0.1, 0.15) is 25.5 Å². The predicted molar refractivity (Wildman–Crippen MR) is 65.7 cm³/mol. The molecule has 102 valence electrons. The standard InChI is InChI=1S/C12H17N5O2/c1-12(8-3-4-8)11(19)13-5-10(18)17(12)7-9-6-16(2)15-14-9/h6,8H,3-5,7H2,1-2H3,(H,13,19). The molecule has 1 atom stereocenters. The quantitative estimate of drug-likeness (QED) is 0.793. The molecule has 2 fully saturated rings. The number of nitrogens with one attached hydrogen (secondary N) is 1. The second kappa shape index (κ2) is 4.04. The Bertz CT molecular complexity index is 536. The Morgan fingerprint density at radius 1 is 1.47 bits per heavy atom. The molecule has 2 amide bonds. The fourth-order valence-electron chi connectivity index (χ4n) is 2.75. The van der Waals surface area contributed by atoms with Gasteiger partial charge in [-0.2, -0.15) is 0 Å². The van der Waals surface area contributed by atoms with E-state index in [1.54, 1.807) is 22.8 Å². The maximum atomic E-state index is 12.2. The third-order valence-electron chi connectivity index (χ3n) is 4.06. The van der Waals surface area contributed by atoms with Crippen LogP contribution in [0.15, 0.2) is 6.20 Å². The average Bonchev–Trinajstić information content (AvgIpc) is 3.15. The van der Waals surface area contributed by atoms with E-state index in [2.05, 4.69) is 15.6 Å². The van der Waals surface area contributed by atoms with Crippen LogP contribution >= 0.6 is 0 Å². The van der Waals surface area contributed by atoms with Crippen molar-refractivity contribution in [2.24, 2.45) is 13.0 Å². The first kappa shape index (κ1) is 12.1. The zero-order valence-electron chi connectivity index (χ0n) is 11.1. The fourth-order valence-corrected chi connectivity index (χ4v) is 2.75. The number of aryl methyl sites for hydroxylation is 1. The summed E-state index contributed by atoms with van der Waals surface area (Å²) in [6, 6.07) is 0. The Kier molecular flexibility index (Phi) is 2.58.